The Morgan fingerprint density at radius 1 is 0.551 bits per heavy atom. The van der Waals surface area contributed by atoms with E-state index in [-0.39, 0.29) is 49.6 Å². The van der Waals surface area contributed by atoms with Crippen molar-refractivity contribution in [2.75, 3.05) is 14.1 Å². The molecule has 4 aromatic heterocycles. The molecule has 20 heteroatoms. The quantitative estimate of drug-likeness (QED) is 0.0419. The molecular weight excluding hydrogens is 1040 g/mol. The number of ether oxygens (including phenoxy) is 4. The molecule has 0 amide bonds. The van der Waals surface area contributed by atoms with Gasteiger partial charge in [-0.25, -0.2) is 19.3 Å². The number of carboxylic acid groups (broad SMARTS) is 2. The van der Waals surface area contributed by atoms with Gasteiger partial charge < -0.3 is 39.4 Å². The van der Waals surface area contributed by atoms with Gasteiger partial charge in [0.05, 0.1) is 22.3 Å². The topological polar surface area (TPSA) is 220 Å². The highest BCUT2D eigenvalue weighted by Crippen LogP contribution is 2.38. The van der Waals surface area contributed by atoms with Gasteiger partial charge >= 0.3 is 11.9 Å². The van der Waals surface area contributed by atoms with Crippen LogP contribution in [0.5, 0.6) is 23.0 Å². The number of hydrogen-bond acceptors (Lipinski definition) is 14. The largest absolute Gasteiger partial charge is 0.488 e. The maximum absolute atomic E-state index is 12.1. The summed E-state index contributed by atoms with van der Waals surface area (Å²) in [6.45, 7) is 7.67. The van der Waals surface area contributed by atoms with Gasteiger partial charge in [-0.3, -0.25) is 19.4 Å². The molecule has 0 bridgehead atoms. The van der Waals surface area contributed by atoms with Gasteiger partial charge in [0, 0.05) is 84.7 Å². The van der Waals surface area contributed by atoms with E-state index < -0.39 is 36.2 Å². The predicted molar refractivity (Wildman–Crippen MR) is 293 cm³/mol. The van der Waals surface area contributed by atoms with Crippen molar-refractivity contribution in [1.82, 2.24) is 39.3 Å². The van der Waals surface area contributed by atoms with Crippen molar-refractivity contribution in [3.05, 3.63) is 189 Å². The van der Waals surface area contributed by atoms with E-state index in [1.165, 1.54) is 23.6 Å². The third-order valence-electron chi connectivity index (χ3n) is 13.3. The summed E-state index contributed by atoms with van der Waals surface area (Å²) in [5.41, 5.74) is 8.44. The lowest BCUT2D eigenvalue weighted by Gasteiger charge is -2.27. The number of hydrogen-bond donors (Lipinski definition) is 4. The van der Waals surface area contributed by atoms with E-state index in [0.29, 0.717) is 45.8 Å². The number of aliphatic hydroxyl groups is 2. The van der Waals surface area contributed by atoms with Crippen molar-refractivity contribution in [2.45, 2.75) is 91.5 Å². The van der Waals surface area contributed by atoms with Crippen LogP contribution in [-0.4, -0.2) is 110 Å². The minimum Gasteiger partial charge on any atom is -0.488 e. The van der Waals surface area contributed by atoms with Gasteiger partial charge in [0.25, 0.3) is 0 Å². The number of benzene rings is 4. The molecule has 0 saturated heterocycles. The highest BCUT2D eigenvalue weighted by molar-refractivity contribution is 6.32. The first-order valence-corrected chi connectivity index (χ1v) is 25.7. The number of carbonyl (C=O) groups is 2. The molecule has 4 heterocycles. The van der Waals surface area contributed by atoms with Crippen LogP contribution in [0.3, 0.4) is 0 Å². The average molecular weight is 1100 g/mol. The Kier molecular flexibility index (Phi) is 18.5. The van der Waals surface area contributed by atoms with Crippen LogP contribution in [-0.2, 0) is 49.1 Å². The van der Waals surface area contributed by atoms with E-state index in [0.717, 1.165) is 44.5 Å². The van der Waals surface area contributed by atoms with Crippen LogP contribution in [0.2, 0.25) is 10.0 Å². The minimum absolute atomic E-state index is 0.0925. The van der Waals surface area contributed by atoms with Crippen molar-refractivity contribution in [3.63, 3.8) is 0 Å². The zero-order chi connectivity index (χ0) is 55.6. The number of rotatable bonds is 25. The van der Waals surface area contributed by atoms with Gasteiger partial charge in [-0.1, -0.05) is 71.7 Å². The lowest BCUT2D eigenvalue weighted by molar-refractivity contribution is -0.148. The summed E-state index contributed by atoms with van der Waals surface area (Å²) in [4.78, 5) is 36.3. The van der Waals surface area contributed by atoms with E-state index in [4.69, 9.17) is 42.1 Å². The molecule has 8 rings (SSSR count). The summed E-state index contributed by atoms with van der Waals surface area (Å²) in [5, 5.41) is 49.5. The molecule has 406 valence electrons. The second-order valence-corrected chi connectivity index (χ2v) is 19.8. The van der Waals surface area contributed by atoms with Crippen LogP contribution in [0.1, 0.15) is 58.4 Å². The van der Waals surface area contributed by atoms with Crippen molar-refractivity contribution in [3.8, 4) is 45.8 Å². The first-order valence-electron chi connectivity index (χ1n) is 24.9. The summed E-state index contributed by atoms with van der Waals surface area (Å²) in [5.74, 6) is 0.470. The van der Waals surface area contributed by atoms with Crippen molar-refractivity contribution >= 4 is 35.1 Å². The molecule has 0 aliphatic carbocycles. The fourth-order valence-electron chi connectivity index (χ4n) is 9.13. The SMILES string of the molecule is Cc1c(COc2cc(OCc3ccc(-n4cccn4)nc3)c(CN(C)C(C(=O)O)C(C)O)cc2Cl)cccc1-c1cccc(COc2cc(OCc3ccc(-n4cccn4)nc3)c(CN(C)C(C(=O)O)C(C)O)cc2Cl)c1C. The average Bonchev–Trinajstić information content (AvgIpc) is 4.20. The third-order valence-corrected chi connectivity index (χ3v) is 13.9. The van der Waals surface area contributed by atoms with Gasteiger partial charge in [-0.15, -0.1) is 0 Å². The van der Waals surface area contributed by atoms with E-state index in [1.54, 1.807) is 84.9 Å². The highest BCUT2D eigenvalue weighted by Gasteiger charge is 2.30. The Bertz CT molecular complexity index is 3100. The Morgan fingerprint density at radius 2 is 0.949 bits per heavy atom. The van der Waals surface area contributed by atoms with Gasteiger partial charge in [-0.05, 0) is 112 Å². The van der Waals surface area contributed by atoms with Crippen LogP contribution in [0, 0.1) is 13.8 Å². The predicted octanol–water partition coefficient (Wildman–Crippen LogP) is 9.29. The Labute approximate surface area is 461 Å². The third kappa shape index (κ3) is 13.6. The molecule has 0 fully saturated rings. The smallest absolute Gasteiger partial charge is 0.323 e. The molecule has 4 aromatic carbocycles. The number of aromatic nitrogens is 6. The lowest BCUT2D eigenvalue weighted by atomic mass is 9.92. The van der Waals surface area contributed by atoms with Crippen LogP contribution < -0.4 is 18.9 Å². The van der Waals surface area contributed by atoms with Crippen LogP contribution >= 0.6 is 23.2 Å². The molecule has 0 spiro atoms. The number of likely N-dealkylation sites (N-methyl/N-ethyl adjacent to an activating group) is 2. The Hall–Kier alpha value is -7.84. The van der Waals surface area contributed by atoms with Crippen LogP contribution in [0.25, 0.3) is 22.8 Å². The van der Waals surface area contributed by atoms with Crippen molar-refractivity contribution in [1.29, 1.82) is 0 Å². The number of aliphatic hydroxyl groups excluding tert-OH is 2. The molecule has 78 heavy (non-hydrogen) atoms. The number of pyridine rings is 2. The summed E-state index contributed by atoms with van der Waals surface area (Å²) in [7, 11) is 3.22. The molecule has 0 aliphatic rings. The Balaban J connectivity index is 0.999. The van der Waals surface area contributed by atoms with Crippen molar-refractivity contribution in [2.24, 2.45) is 0 Å². The molecule has 0 aliphatic heterocycles. The summed E-state index contributed by atoms with van der Waals surface area (Å²) >= 11 is 13.8. The first-order chi connectivity index (χ1) is 37.4. The molecule has 4 N–H and O–H groups in total. The van der Waals surface area contributed by atoms with Gasteiger partial charge in [0.1, 0.15) is 61.5 Å². The lowest BCUT2D eigenvalue weighted by Crippen LogP contribution is -2.45. The summed E-state index contributed by atoms with van der Waals surface area (Å²) in [6, 6.07) is 27.4. The minimum atomic E-state index is -1.19. The fourth-order valence-corrected chi connectivity index (χ4v) is 9.61. The maximum atomic E-state index is 12.1. The van der Waals surface area contributed by atoms with Crippen molar-refractivity contribution < 1.29 is 49.0 Å². The van der Waals surface area contributed by atoms with E-state index in [2.05, 4.69) is 20.2 Å². The molecular formula is C58H60Cl2N8O10. The maximum Gasteiger partial charge on any atom is 0.323 e. The number of halogens is 2. The molecule has 0 saturated carbocycles. The second-order valence-electron chi connectivity index (χ2n) is 18.9. The van der Waals surface area contributed by atoms with E-state index >= 15 is 0 Å². The summed E-state index contributed by atoms with van der Waals surface area (Å²) < 4.78 is 28.9. The molecule has 8 aromatic rings. The van der Waals surface area contributed by atoms with Gasteiger partial charge in [-0.2, -0.15) is 10.2 Å². The molecule has 4 unspecified atom stereocenters. The Morgan fingerprint density at radius 3 is 1.28 bits per heavy atom. The zero-order valence-electron chi connectivity index (χ0n) is 43.8. The second kappa shape index (κ2) is 25.5. The van der Waals surface area contributed by atoms with Gasteiger partial charge in [0.15, 0.2) is 11.6 Å². The standard InChI is InChI=1S/C58H60Cl2N8O10/c1-35-41(33-77-51-25-49(43(23-47(51)59)29-65(5)55(37(3)69)57(71)72)75-31-39-15-17-53(61-27-39)67-21-9-19-63-67)11-7-13-45(35)46-14-8-12-42(36(46)2)34-78-52-26-50(44(24-48(52)60)30-66(6)56(38(4)70)58(73)74)76-32-40-16-18-54(62-28-40)68-22-10-20-64-68/h7-28,37-38,55-56,69-70H,29-34H2,1-6H3,(H,71,72)(H,73,74). The first kappa shape index (κ1) is 56.4. The van der Waals surface area contributed by atoms with E-state index in [9.17, 15) is 30.0 Å². The fraction of sp³-hybridized carbons (Fsp3) is 0.276. The van der Waals surface area contributed by atoms with Crippen LogP contribution in [0.4, 0.5) is 0 Å². The molecule has 18 nitrogen and oxygen atoms in total. The molecule has 4 atom stereocenters. The number of carboxylic acids is 2. The number of nitrogens with zero attached hydrogens (tertiary/aromatic N) is 8. The van der Waals surface area contributed by atoms with Gasteiger partial charge in [0.2, 0.25) is 0 Å². The normalized spacial score (nSPS) is 13.0. The number of aliphatic carboxylic acids is 2. The zero-order valence-corrected chi connectivity index (χ0v) is 45.3. The molecule has 0 radical (unpaired) electrons. The van der Waals surface area contributed by atoms with E-state index in [1.807, 2.05) is 86.6 Å². The monoisotopic (exact) mass is 1100 g/mol. The van der Waals surface area contributed by atoms with Crippen LogP contribution in [0.15, 0.2) is 134 Å². The summed E-state index contributed by atoms with van der Waals surface area (Å²) in [6.07, 6.45) is 8.01. The highest BCUT2D eigenvalue weighted by atomic mass is 35.5.